The first-order valence-corrected chi connectivity index (χ1v) is 9.52. The number of nitrogens with zero attached hydrogens (tertiary/aromatic N) is 1. The number of rotatable bonds is 6. The van der Waals surface area contributed by atoms with Gasteiger partial charge in [-0.3, -0.25) is 14.4 Å². The number of likely N-dealkylation sites (tertiary alicyclic amines) is 1. The molecule has 1 atom stereocenters. The molecule has 1 saturated heterocycles. The maximum Gasteiger partial charge on any atom is 0.253 e. The largest absolute Gasteiger partial charge is 0.381 e. The van der Waals surface area contributed by atoms with Crippen LogP contribution in [0.4, 0.5) is 0 Å². The van der Waals surface area contributed by atoms with E-state index < -0.39 is 5.60 Å². The highest BCUT2D eigenvalue weighted by molar-refractivity contribution is 5.97. The first-order valence-electron chi connectivity index (χ1n) is 9.52. The summed E-state index contributed by atoms with van der Waals surface area (Å²) >= 11 is 0. The summed E-state index contributed by atoms with van der Waals surface area (Å²) in [4.78, 5) is 38.1. The van der Waals surface area contributed by atoms with Gasteiger partial charge >= 0.3 is 0 Å². The molecule has 27 heavy (non-hydrogen) atoms. The van der Waals surface area contributed by atoms with E-state index in [2.05, 4.69) is 5.32 Å². The molecule has 0 saturated carbocycles. The molecule has 0 aliphatic carbocycles. The van der Waals surface area contributed by atoms with E-state index in [0.29, 0.717) is 18.7 Å². The summed E-state index contributed by atoms with van der Waals surface area (Å²) in [6.07, 6.45) is 1.78. The van der Waals surface area contributed by atoms with Gasteiger partial charge in [0.15, 0.2) is 5.78 Å². The molecule has 1 fully saturated rings. The van der Waals surface area contributed by atoms with E-state index in [9.17, 15) is 19.5 Å². The molecule has 1 unspecified atom stereocenters. The van der Waals surface area contributed by atoms with Crippen LogP contribution < -0.4 is 5.32 Å². The van der Waals surface area contributed by atoms with Crippen molar-refractivity contribution in [2.24, 2.45) is 5.92 Å². The Morgan fingerprint density at radius 3 is 2.63 bits per heavy atom. The number of benzene rings is 1. The Labute approximate surface area is 160 Å². The number of ketones is 1. The number of nitrogens with one attached hydrogen (secondary N) is 1. The van der Waals surface area contributed by atoms with Crippen LogP contribution in [0.25, 0.3) is 0 Å². The van der Waals surface area contributed by atoms with E-state index in [1.54, 1.807) is 24.8 Å². The molecular weight excluding hydrogens is 344 g/mol. The van der Waals surface area contributed by atoms with E-state index >= 15 is 0 Å². The number of hydrogen-bond acceptors (Lipinski definition) is 4. The van der Waals surface area contributed by atoms with Crippen molar-refractivity contribution in [2.45, 2.75) is 52.1 Å². The molecule has 1 aliphatic heterocycles. The quantitative estimate of drug-likeness (QED) is 0.798. The minimum absolute atomic E-state index is 0.00689. The number of hydrogen-bond donors (Lipinski definition) is 2. The topological polar surface area (TPSA) is 86.7 Å². The average Bonchev–Trinajstić information content (AvgIpc) is 2.64. The van der Waals surface area contributed by atoms with Crippen molar-refractivity contribution in [3.63, 3.8) is 0 Å². The smallest absolute Gasteiger partial charge is 0.253 e. The van der Waals surface area contributed by atoms with Gasteiger partial charge in [-0.2, -0.15) is 0 Å². The summed E-state index contributed by atoms with van der Waals surface area (Å²) in [6.45, 7) is 7.80. The van der Waals surface area contributed by atoms with Gasteiger partial charge in [-0.25, -0.2) is 0 Å². The zero-order valence-electron chi connectivity index (χ0n) is 16.6. The van der Waals surface area contributed by atoms with Crippen molar-refractivity contribution in [3.8, 4) is 0 Å². The Morgan fingerprint density at radius 2 is 2.00 bits per heavy atom. The van der Waals surface area contributed by atoms with Gasteiger partial charge in [0, 0.05) is 30.5 Å². The fraction of sp³-hybridized carbons (Fsp3) is 0.571. The van der Waals surface area contributed by atoms with Crippen molar-refractivity contribution < 1.29 is 19.5 Å². The number of carbonyl (C=O) groups is 3. The normalized spacial score (nSPS) is 17.7. The lowest BCUT2D eigenvalue weighted by atomic mass is 9.89. The van der Waals surface area contributed by atoms with Gasteiger partial charge in [-0.15, -0.1) is 0 Å². The Morgan fingerprint density at radius 1 is 1.30 bits per heavy atom. The number of amides is 2. The fourth-order valence-electron chi connectivity index (χ4n) is 3.23. The Hall–Kier alpha value is -2.21. The highest BCUT2D eigenvalue weighted by atomic mass is 16.3. The van der Waals surface area contributed by atoms with E-state index in [1.165, 1.54) is 13.8 Å². The van der Waals surface area contributed by atoms with Crippen LogP contribution in [-0.2, 0) is 9.59 Å². The maximum atomic E-state index is 12.4. The first-order chi connectivity index (χ1) is 12.6. The molecule has 2 N–H and O–H groups in total. The predicted octanol–water partition coefficient (Wildman–Crippen LogP) is 2.12. The zero-order chi connectivity index (χ0) is 20.2. The lowest BCUT2D eigenvalue weighted by Gasteiger charge is -2.36. The van der Waals surface area contributed by atoms with Crippen LogP contribution in [0.1, 0.15) is 62.4 Å². The second-order valence-corrected chi connectivity index (χ2v) is 8.08. The van der Waals surface area contributed by atoms with Crippen LogP contribution >= 0.6 is 0 Å². The molecular formula is C21H30N2O4. The lowest BCUT2D eigenvalue weighted by Crippen LogP contribution is -2.48. The highest BCUT2D eigenvalue weighted by Crippen LogP contribution is 2.28. The average molecular weight is 374 g/mol. The van der Waals surface area contributed by atoms with E-state index in [-0.39, 0.29) is 36.0 Å². The molecule has 0 aromatic heterocycles. The van der Waals surface area contributed by atoms with Crippen LogP contribution in [0.15, 0.2) is 24.3 Å². The third kappa shape index (κ3) is 5.63. The van der Waals surface area contributed by atoms with Gasteiger partial charge in [0.05, 0.1) is 6.54 Å². The molecule has 1 aromatic rings. The molecule has 2 amide bonds. The summed E-state index contributed by atoms with van der Waals surface area (Å²) in [6, 6.07) is 7.34. The van der Waals surface area contributed by atoms with Gasteiger partial charge in [-0.05, 0) is 44.4 Å². The van der Waals surface area contributed by atoms with Crippen LogP contribution in [0.2, 0.25) is 0 Å². The molecule has 0 bridgehead atoms. The molecule has 1 heterocycles. The van der Waals surface area contributed by atoms with Crippen LogP contribution in [-0.4, -0.2) is 52.8 Å². The van der Waals surface area contributed by atoms with Crippen molar-refractivity contribution in [1.29, 1.82) is 0 Å². The molecule has 6 heteroatoms. The van der Waals surface area contributed by atoms with Crippen LogP contribution in [0, 0.1) is 5.92 Å². The van der Waals surface area contributed by atoms with Crippen molar-refractivity contribution in [3.05, 3.63) is 35.4 Å². The van der Waals surface area contributed by atoms with Gasteiger partial charge < -0.3 is 15.3 Å². The zero-order valence-corrected chi connectivity index (χ0v) is 16.6. The summed E-state index contributed by atoms with van der Waals surface area (Å²) < 4.78 is 0. The van der Waals surface area contributed by atoms with Crippen molar-refractivity contribution >= 4 is 17.6 Å². The van der Waals surface area contributed by atoms with Crippen LogP contribution in [0.5, 0.6) is 0 Å². The summed E-state index contributed by atoms with van der Waals surface area (Å²) in [5.41, 5.74) is 0.119. The molecule has 2 rings (SSSR count). The number of aliphatic hydroxyl groups is 1. The third-order valence-electron chi connectivity index (χ3n) is 4.92. The first kappa shape index (κ1) is 21.1. The molecule has 1 aromatic carbocycles. The Kier molecular flexibility index (Phi) is 6.76. The standard InChI is InChI=1S/C21H30N2O4/c1-14(2)18(24)12-22-19(25)16-8-5-7-15(11-16)17-9-6-10-23(13-17)20(26)21(3,4)27/h5,7-8,11,14,17,27H,6,9-10,12-13H2,1-4H3,(H,22,25). The van der Waals surface area contributed by atoms with Crippen molar-refractivity contribution in [1.82, 2.24) is 10.2 Å². The van der Waals surface area contributed by atoms with Gasteiger partial charge in [0.25, 0.3) is 11.8 Å². The van der Waals surface area contributed by atoms with Crippen molar-refractivity contribution in [2.75, 3.05) is 19.6 Å². The minimum Gasteiger partial charge on any atom is -0.381 e. The van der Waals surface area contributed by atoms with Gasteiger partial charge in [0.2, 0.25) is 0 Å². The molecule has 0 radical (unpaired) electrons. The SMILES string of the molecule is CC(C)C(=O)CNC(=O)c1cccc(C2CCCN(C(=O)C(C)(C)O)C2)c1. The van der Waals surface area contributed by atoms with E-state index in [4.69, 9.17) is 0 Å². The molecule has 6 nitrogen and oxygen atoms in total. The Bertz CT molecular complexity index is 706. The fourth-order valence-corrected chi connectivity index (χ4v) is 3.23. The van der Waals surface area contributed by atoms with E-state index in [0.717, 1.165) is 18.4 Å². The van der Waals surface area contributed by atoms with Gasteiger partial charge in [0.1, 0.15) is 5.60 Å². The third-order valence-corrected chi connectivity index (χ3v) is 4.92. The van der Waals surface area contributed by atoms with E-state index in [1.807, 2.05) is 18.2 Å². The maximum absolute atomic E-state index is 12.4. The molecule has 0 spiro atoms. The molecule has 1 aliphatic rings. The number of carbonyl (C=O) groups excluding carboxylic acids is 3. The molecule has 148 valence electrons. The summed E-state index contributed by atoms with van der Waals surface area (Å²) in [5.74, 6) is -0.541. The second kappa shape index (κ2) is 8.65. The summed E-state index contributed by atoms with van der Waals surface area (Å²) in [7, 11) is 0. The lowest BCUT2D eigenvalue weighted by molar-refractivity contribution is -0.149. The Balaban J connectivity index is 2.07. The van der Waals surface area contributed by atoms with Gasteiger partial charge in [-0.1, -0.05) is 26.0 Å². The highest BCUT2D eigenvalue weighted by Gasteiger charge is 2.33. The number of piperidine rings is 1. The minimum atomic E-state index is -1.38. The number of Topliss-reactive ketones (excluding diaryl/α,β-unsaturated/α-hetero) is 1. The summed E-state index contributed by atoms with van der Waals surface area (Å²) in [5, 5.41) is 12.7. The predicted molar refractivity (Wildman–Crippen MR) is 103 cm³/mol. The monoisotopic (exact) mass is 374 g/mol. The van der Waals surface area contributed by atoms with Crippen LogP contribution in [0.3, 0.4) is 0 Å². The second-order valence-electron chi connectivity index (χ2n) is 8.08.